The molecule has 0 aliphatic rings. The van der Waals surface area contributed by atoms with E-state index in [9.17, 15) is 22.4 Å². The summed E-state index contributed by atoms with van der Waals surface area (Å²) in [5, 5.41) is 14.4. The van der Waals surface area contributed by atoms with Crippen LogP contribution in [0, 0.1) is 5.82 Å². The van der Waals surface area contributed by atoms with Crippen molar-refractivity contribution >= 4 is 34.1 Å². The summed E-state index contributed by atoms with van der Waals surface area (Å²) in [6.45, 7) is -0.0608. The standard InChI is InChI=1S/C22H16F4N6O3S/c23-16-6-3-13(9-15(16)22(24,25)26)19-30-21(36-32-19)31-20(34)12-1-4-14(5-2-12)29-17-10-18(28-11-27-17)35-8-7-33/h1-6,9-11,33H,7-8H2,(H,27,28,29)(H,30,31,32,34). The number of anilines is 3. The number of rotatable bonds is 8. The molecular formula is C22H16F4N6O3S. The van der Waals surface area contributed by atoms with Crippen molar-refractivity contribution in [2.24, 2.45) is 0 Å². The Kier molecular flexibility index (Phi) is 7.36. The SMILES string of the molecule is O=C(Nc1nc(-c2ccc(F)c(C(F)(F)F)c2)ns1)c1ccc(Nc2cc(OCCO)ncn2)cc1. The topological polar surface area (TPSA) is 122 Å². The van der Waals surface area contributed by atoms with Crippen LogP contribution in [0.3, 0.4) is 0 Å². The minimum atomic E-state index is -4.86. The van der Waals surface area contributed by atoms with Crippen LogP contribution in [0.1, 0.15) is 15.9 Å². The number of aliphatic hydroxyl groups excluding tert-OH is 1. The molecule has 0 saturated carbocycles. The monoisotopic (exact) mass is 520 g/mol. The number of ether oxygens (including phenoxy) is 1. The number of nitrogens with one attached hydrogen (secondary N) is 2. The lowest BCUT2D eigenvalue weighted by atomic mass is 10.1. The summed E-state index contributed by atoms with van der Waals surface area (Å²) < 4.78 is 61.6. The highest BCUT2D eigenvalue weighted by molar-refractivity contribution is 7.10. The van der Waals surface area contributed by atoms with Crippen LogP contribution in [0.2, 0.25) is 0 Å². The molecule has 2 aromatic carbocycles. The van der Waals surface area contributed by atoms with E-state index in [0.717, 1.165) is 17.6 Å². The second-order valence-electron chi connectivity index (χ2n) is 7.09. The largest absolute Gasteiger partial charge is 0.475 e. The zero-order valence-electron chi connectivity index (χ0n) is 18.1. The van der Waals surface area contributed by atoms with Crippen LogP contribution < -0.4 is 15.4 Å². The van der Waals surface area contributed by atoms with E-state index in [2.05, 4.69) is 30.0 Å². The van der Waals surface area contributed by atoms with Crippen molar-refractivity contribution in [3.05, 3.63) is 71.8 Å². The Labute approximate surface area is 205 Å². The van der Waals surface area contributed by atoms with Gasteiger partial charge in [0, 0.05) is 34.4 Å². The van der Waals surface area contributed by atoms with Gasteiger partial charge in [0.25, 0.3) is 5.91 Å². The molecule has 0 saturated heterocycles. The number of amides is 1. The van der Waals surface area contributed by atoms with Gasteiger partial charge < -0.3 is 15.2 Å². The lowest BCUT2D eigenvalue weighted by Crippen LogP contribution is -2.11. The molecule has 2 aromatic heterocycles. The van der Waals surface area contributed by atoms with E-state index in [4.69, 9.17) is 9.84 Å². The average molecular weight is 520 g/mol. The Hall–Kier alpha value is -4.17. The third-order valence-corrected chi connectivity index (χ3v) is 5.21. The fraction of sp³-hybridized carbons (Fsp3) is 0.136. The predicted octanol–water partition coefficient (Wildman–Crippen LogP) is 4.52. The molecule has 0 bridgehead atoms. The van der Waals surface area contributed by atoms with Crippen LogP contribution in [0.15, 0.2) is 54.9 Å². The summed E-state index contributed by atoms with van der Waals surface area (Å²) in [5.41, 5.74) is -0.558. The molecule has 1 amide bonds. The Balaban J connectivity index is 1.41. The molecule has 4 aromatic rings. The van der Waals surface area contributed by atoms with Gasteiger partial charge in [-0.1, -0.05) is 0 Å². The molecule has 0 aliphatic heterocycles. The summed E-state index contributed by atoms with van der Waals surface area (Å²) in [5.74, 6) is -1.27. The first-order chi connectivity index (χ1) is 17.2. The zero-order valence-corrected chi connectivity index (χ0v) is 18.9. The molecule has 0 unspecified atom stereocenters. The normalized spacial score (nSPS) is 11.2. The maximum absolute atomic E-state index is 13.5. The highest BCUT2D eigenvalue weighted by Gasteiger charge is 2.34. The van der Waals surface area contributed by atoms with E-state index in [1.54, 1.807) is 30.3 Å². The number of halogens is 4. The van der Waals surface area contributed by atoms with E-state index in [1.807, 2.05) is 0 Å². The minimum absolute atomic E-state index is 0.0365. The second kappa shape index (κ2) is 10.6. The fourth-order valence-electron chi connectivity index (χ4n) is 2.93. The Bertz CT molecular complexity index is 1360. The predicted molar refractivity (Wildman–Crippen MR) is 123 cm³/mol. The number of alkyl halides is 3. The lowest BCUT2D eigenvalue weighted by Gasteiger charge is -2.08. The smallest absolute Gasteiger partial charge is 0.419 e. The van der Waals surface area contributed by atoms with Crippen molar-refractivity contribution in [3.63, 3.8) is 0 Å². The number of nitrogens with zero attached hydrogens (tertiary/aromatic N) is 4. The van der Waals surface area contributed by atoms with Gasteiger partial charge in [0.2, 0.25) is 11.0 Å². The summed E-state index contributed by atoms with van der Waals surface area (Å²) in [6.07, 6.45) is -3.57. The lowest BCUT2D eigenvalue weighted by molar-refractivity contribution is -0.139. The van der Waals surface area contributed by atoms with Crippen LogP contribution in [0.4, 0.5) is 34.2 Å². The number of hydrogen-bond donors (Lipinski definition) is 3. The van der Waals surface area contributed by atoms with Crippen LogP contribution in [-0.4, -0.2) is 43.6 Å². The van der Waals surface area contributed by atoms with Gasteiger partial charge in [-0.2, -0.15) is 22.5 Å². The highest BCUT2D eigenvalue weighted by atomic mass is 32.1. The Morgan fingerprint density at radius 1 is 1.08 bits per heavy atom. The van der Waals surface area contributed by atoms with Gasteiger partial charge in [-0.15, -0.1) is 0 Å². The summed E-state index contributed by atoms with van der Waals surface area (Å²) >= 11 is 0.775. The molecule has 186 valence electrons. The molecule has 0 fully saturated rings. The van der Waals surface area contributed by atoms with Crippen LogP contribution in [-0.2, 0) is 6.18 Å². The highest BCUT2D eigenvalue weighted by Crippen LogP contribution is 2.34. The fourth-order valence-corrected chi connectivity index (χ4v) is 3.52. The van der Waals surface area contributed by atoms with Crippen molar-refractivity contribution < 1.29 is 32.2 Å². The third kappa shape index (κ3) is 6.09. The quantitative estimate of drug-likeness (QED) is 0.290. The Morgan fingerprint density at radius 2 is 1.86 bits per heavy atom. The first-order valence-electron chi connectivity index (χ1n) is 10.2. The number of aliphatic hydroxyl groups is 1. The number of aromatic nitrogens is 4. The number of benzene rings is 2. The van der Waals surface area contributed by atoms with Gasteiger partial charge in [-0.05, 0) is 42.5 Å². The molecule has 0 spiro atoms. The second-order valence-corrected chi connectivity index (χ2v) is 7.84. The van der Waals surface area contributed by atoms with Gasteiger partial charge in [0.15, 0.2) is 5.82 Å². The van der Waals surface area contributed by atoms with E-state index in [0.29, 0.717) is 23.6 Å². The maximum atomic E-state index is 13.5. The van der Waals surface area contributed by atoms with Crippen molar-refractivity contribution in [2.75, 3.05) is 23.8 Å². The van der Waals surface area contributed by atoms with Crippen molar-refractivity contribution in [1.82, 2.24) is 19.3 Å². The molecule has 2 heterocycles. The molecule has 14 heteroatoms. The molecule has 0 radical (unpaired) electrons. The van der Waals surface area contributed by atoms with E-state index in [-0.39, 0.29) is 41.2 Å². The van der Waals surface area contributed by atoms with Crippen molar-refractivity contribution in [3.8, 4) is 17.3 Å². The van der Waals surface area contributed by atoms with Gasteiger partial charge in [-0.3, -0.25) is 10.1 Å². The minimum Gasteiger partial charge on any atom is -0.475 e. The molecule has 0 aliphatic carbocycles. The molecule has 9 nitrogen and oxygen atoms in total. The van der Waals surface area contributed by atoms with Gasteiger partial charge in [0.05, 0.1) is 12.2 Å². The molecule has 36 heavy (non-hydrogen) atoms. The summed E-state index contributed by atoms with van der Waals surface area (Å²) in [4.78, 5) is 24.6. The van der Waals surface area contributed by atoms with Gasteiger partial charge in [-0.25, -0.2) is 14.4 Å². The molecule has 4 rings (SSSR count). The molecule has 0 atom stereocenters. The van der Waals surface area contributed by atoms with Crippen LogP contribution in [0.25, 0.3) is 11.4 Å². The van der Waals surface area contributed by atoms with Crippen LogP contribution >= 0.6 is 11.5 Å². The van der Waals surface area contributed by atoms with Crippen molar-refractivity contribution in [2.45, 2.75) is 6.18 Å². The van der Waals surface area contributed by atoms with E-state index in [1.165, 1.54) is 6.33 Å². The van der Waals surface area contributed by atoms with E-state index < -0.39 is 23.5 Å². The first kappa shape index (κ1) is 24.9. The molecular weight excluding hydrogens is 504 g/mol. The van der Waals surface area contributed by atoms with Crippen LogP contribution in [0.5, 0.6) is 5.88 Å². The zero-order chi connectivity index (χ0) is 25.7. The Morgan fingerprint density at radius 3 is 2.58 bits per heavy atom. The number of carbonyl (C=O) groups is 1. The van der Waals surface area contributed by atoms with Gasteiger partial charge >= 0.3 is 6.18 Å². The first-order valence-corrected chi connectivity index (χ1v) is 11.0. The van der Waals surface area contributed by atoms with E-state index >= 15 is 0 Å². The van der Waals surface area contributed by atoms with Gasteiger partial charge in [0.1, 0.15) is 24.6 Å². The summed E-state index contributed by atoms with van der Waals surface area (Å²) in [6, 6.07) is 10.3. The van der Waals surface area contributed by atoms with Crippen molar-refractivity contribution in [1.29, 1.82) is 0 Å². The number of carbonyl (C=O) groups excluding carboxylic acids is 1. The number of hydrogen-bond acceptors (Lipinski definition) is 9. The molecule has 3 N–H and O–H groups in total. The summed E-state index contributed by atoms with van der Waals surface area (Å²) in [7, 11) is 0. The maximum Gasteiger partial charge on any atom is 0.419 e. The average Bonchev–Trinajstić information content (AvgIpc) is 3.31. The third-order valence-electron chi connectivity index (χ3n) is 4.58.